The maximum atomic E-state index is 6.44. The molecule has 0 aliphatic rings. The summed E-state index contributed by atoms with van der Waals surface area (Å²) < 4.78 is 6.44. The molecule has 0 saturated heterocycles. The molecule has 53 heavy (non-hydrogen) atoms. The van der Waals surface area contributed by atoms with E-state index < -0.39 is 0 Å². The van der Waals surface area contributed by atoms with E-state index in [4.69, 9.17) is 14.4 Å². The Balaban J connectivity index is 0.966. The van der Waals surface area contributed by atoms with Crippen molar-refractivity contribution in [1.82, 2.24) is 9.97 Å². The van der Waals surface area contributed by atoms with Crippen LogP contribution in [-0.2, 0) is 0 Å². The Kier molecular flexibility index (Phi) is 6.55. The summed E-state index contributed by atoms with van der Waals surface area (Å²) in [7, 11) is 0. The van der Waals surface area contributed by atoms with Gasteiger partial charge < -0.3 is 4.42 Å². The van der Waals surface area contributed by atoms with Gasteiger partial charge in [-0.15, -0.1) is 0 Å². The Labute approximate surface area is 305 Å². The van der Waals surface area contributed by atoms with Gasteiger partial charge in [0.25, 0.3) is 0 Å². The Morgan fingerprint density at radius 2 is 0.830 bits per heavy atom. The number of benzene rings is 9. The number of aromatic nitrogens is 2. The Morgan fingerprint density at radius 1 is 0.302 bits per heavy atom. The van der Waals surface area contributed by atoms with Crippen LogP contribution in [0.3, 0.4) is 0 Å². The lowest BCUT2D eigenvalue weighted by atomic mass is 9.91. The maximum absolute atomic E-state index is 6.44. The van der Waals surface area contributed by atoms with Crippen LogP contribution in [0.4, 0.5) is 0 Å². The summed E-state index contributed by atoms with van der Waals surface area (Å²) >= 11 is 0. The van der Waals surface area contributed by atoms with Crippen LogP contribution in [-0.4, -0.2) is 9.97 Å². The molecule has 0 aliphatic heterocycles. The van der Waals surface area contributed by atoms with E-state index in [0.717, 1.165) is 49.3 Å². The van der Waals surface area contributed by atoms with E-state index in [0.29, 0.717) is 0 Å². The minimum absolute atomic E-state index is 0.913. The maximum Gasteiger partial charge on any atom is 0.143 e. The third kappa shape index (κ3) is 4.68. The largest absolute Gasteiger partial charge is 0.455 e. The topological polar surface area (TPSA) is 38.9 Å². The van der Waals surface area contributed by atoms with Gasteiger partial charge in [-0.1, -0.05) is 152 Å². The van der Waals surface area contributed by atoms with Crippen molar-refractivity contribution in [1.29, 1.82) is 0 Å². The highest BCUT2D eigenvalue weighted by Gasteiger charge is 2.16. The normalized spacial score (nSPS) is 11.8. The second kappa shape index (κ2) is 11.7. The van der Waals surface area contributed by atoms with Crippen molar-refractivity contribution in [3.8, 4) is 44.5 Å². The predicted molar refractivity (Wildman–Crippen MR) is 221 cm³/mol. The van der Waals surface area contributed by atoms with Crippen LogP contribution in [0.25, 0.3) is 110 Å². The van der Waals surface area contributed by atoms with E-state index in [1.807, 2.05) is 12.1 Å². The molecule has 11 aromatic rings. The summed E-state index contributed by atoms with van der Waals surface area (Å²) in [6, 6.07) is 61.0. The molecular weight excluding hydrogens is 645 g/mol. The van der Waals surface area contributed by atoms with Gasteiger partial charge in [-0.25, -0.2) is 0 Å². The quantitative estimate of drug-likeness (QED) is 0.174. The number of furan rings is 1. The van der Waals surface area contributed by atoms with Crippen LogP contribution < -0.4 is 0 Å². The van der Waals surface area contributed by atoms with E-state index in [9.17, 15) is 0 Å². The molecule has 0 aliphatic carbocycles. The molecule has 2 aromatic heterocycles. The highest BCUT2D eigenvalue weighted by atomic mass is 16.3. The Bertz CT molecular complexity index is 3190. The molecule has 3 nitrogen and oxygen atoms in total. The zero-order chi connectivity index (χ0) is 34.9. The van der Waals surface area contributed by atoms with Crippen LogP contribution in [0.1, 0.15) is 0 Å². The summed E-state index contributed by atoms with van der Waals surface area (Å²) in [6.45, 7) is 0. The molecule has 0 spiro atoms. The van der Waals surface area contributed by atoms with E-state index >= 15 is 0 Å². The molecular formula is C50H30N2O. The third-order valence-corrected chi connectivity index (χ3v) is 10.8. The number of hydrogen-bond acceptors (Lipinski definition) is 3. The molecule has 9 aromatic carbocycles. The SMILES string of the molecule is c1cc(-c2ccc(-c3cccc4c(-c5cccc6c5oc5ccccc56)cccc34)cc2)cc(-c2ccc3c(c2)c2ccccc2c2nccnc32)c1. The van der Waals surface area contributed by atoms with Crippen LogP contribution in [0.2, 0.25) is 0 Å². The first-order valence-electron chi connectivity index (χ1n) is 18.0. The Hall–Kier alpha value is -7.10. The van der Waals surface area contributed by atoms with Gasteiger partial charge in [0.1, 0.15) is 11.2 Å². The van der Waals surface area contributed by atoms with Gasteiger partial charge in [0, 0.05) is 39.5 Å². The lowest BCUT2D eigenvalue weighted by Gasteiger charge is -2.13. The van der Waals surface area contributed by atoms with Crippen molar-refractivity contribution in [3.63, 3.8) is 0 Å². The Morgan fingerprint density at radius 3 is 1.62 bits per heavy atom. The first-order chi connectivity index (χ1) is 26.3. The predicted octanol–water partition coefficient (Wildman–Crippen LogP) is 13.7. The average Bonchev–Trinajstić information content (AvgIpc) is 3.62. The van der Waals surface area contributed by atoms with Crippen LogP contribution in [0.15, 0.2) is 187 Å². The van der Waals surface area contributed by atoms with Gasteiger partial charge >= 0.3 is 0 Å². The highest BCUT2D eigenvalue weighted by molar-refractivity contribution is 6.23. The van der Waals surface area contributed by atoms with E-state index in [-0.39, 0.29) is 0 Å². The molecule has 0 fully saturated rings. The van der Waals surface area contributed by atoms with E-state index in [1.165, 1.54) is 60.5 Å². The molecule has 0 unspecified atom stereocenters. The van der Waals surface area contributed by atoms with Gasteiger partial charge in [-0.3, -0.25) is 9.97 Å². The second-order valence-corrected chi connectivity index (χ2v) is 13.7. The summed E-state index contributed by atoms with van der Waals surface area (Å²) in [5, 5.41) is 9.34. The fourth-order valence-electron chi connectivity index (χ4n) is 8.29. The van der Waals surface area contributed by atoms with Gasteiger partial charge in [0.15, 0.2) is 0 Å². The van der Waals surface area contributed by atoms with Crippen LogP contribution in [0, 0.1) is 0 Å². The fraction of sp³-hybridized carbons (Fsp3) is 0. The molecule has 0 saturated carbocycles. The summed E-state index contributed by atoms with van der Waals surface area (Å²) in [6.07, 6.45) is 3.55. The first-order valence-corrected chi connectivity index (χ1v) is 18.0. The number of fused-ring (bicyclic) bond motifs is 10. The van der Waals surface area contributed by atoms with Gasteiger partial charge in [0.2, 0.25) is 0 Å². The molecule has 246 valence electrons. The van der Waals surface area contributed by atoms with Crippen molar-refractivity contribution in [2.75, 3.05) is 0 Å². The summed E-state index contributed by atoms with van der Waals surface area (Å²) in [5.74, 6) is 0. The fourth-order valence-corrected chi connectivity index (χ4v) is 8.29. The minimum Gasteiger partial charge on any atom is -0.455 e. The molecule has 2 heterocycles. The van der Waals surface area contributed by atoms with Crippen molar-refractivity contribution in [2.24, 2.45) is 0 Å². The van der Waals surface area contributed by atoms with Crippen molar-refractivity contribution in [2.45, 2.75) is 0 Å². The van der Waals surface area contributed by atoms with Crippen LogP contribution >= 0.6 is 0 Å². The van der Waals surface area contributed by atoms with Gasteiger partial charge in [-0.05, 0) is 78.7 Å². The number of nitrogens with zero attached hydrogens (tertiary/aromatic N) is 2. The van der Waals surface area contributed by atoms with Gasteiger partial charge in [-0.2, -0.15) is 0 Å². The molecule has 11 rings (SSSR count). The van der Waals surface area contributed by atoms with Crippen molar-refractivity contribution < 1.29 is 4.42 Å². The number of rotatable bonds is 4. The monoisotopic (exact) mass is 674 g/mol. The number of hydrogen-bond donors (Lipinski definition) is 0. The van der Waals surface area contributed by atoms with E-state index in [2.05, 4.69) is 158 Å². The molecule has 0 amide bonds. The lowest BCUT2D eigenvalue weighted by molar-refractivity contribution is 0.670. The average molecular weight is 675 g/mol. The molecule has 0 N–H and O–H groups in total. The third-order valence-electron chi connectivity index (χ3n) is 10.8. The van der Waals surface area contributed by atoms with Gasteiger partial charge in [0.05, 0.1) is 11.0 Å². The molecule has 0 bridgehead atoms. The van der Waals surface area contributed by atoms with E-state index in [1.54, 1.807) is 12.4 Å². The van der Waals surface area contributed by atoms with Crippen molar-refractivity contribution in [3.05, 3.63) is 182 Å². The van der Waals surface area contributed by atoms with Crippen molar-refractivity contribution >= 4 is 65.3 Å². The molecule has 3 heteroatoms. The molecule has 0 radical (unpaired) electrons. The smallest absolute Gasteiger partial charge is 0.143 e. The number of para-hydroxylation sites is 2. The summed E-state index contributed by atoms with van der Waals surface area (Å²) in [5.41, 5.74) is 13.1. The first kappa shape index (κ1) is 29.6. The molecule has 0 atom stereocenters. The minimum atomic E-state index is 0.913. The zero-order valence-corrected chi connectivity index (χ0v) is 28.6. The standard InChI is InChI=1S/C50H30N2O/c1-2-13-42-40(11-1)46-30-35(25-26-43(46)49-48(42)51-27-28-52-49)34-10-5-9-33(29-34)31-21-23-32(24-22-31)36-14-6-16-38-37(36)15-7-17-39(38)44-18-8-19-45-41-12-3-4-20-47(41)53-50(44)45/h1-30H. The second-order valence-electron chi connectivity index (χ2n) is 13.7. The zero-order valence-electron chi connectivity index (χ0n) is 28.6. The van der Waals surface area contributed by atoms with Crippen LogP contribution in [0.5, 0.6) is 0 Å². The highest BCUT2D eigenvalue weighted by Crippen LogP contribution is 2.41. The lowest BCUT2D eigenvalue weighted by Crippen LogP contribution is -1.89. The summed E-state index contributed by atoms with van der Waals surface area (Å²) in [4.78, 5) is 9.42.